The van der Waals surface area contributed by atoms with Crippen LogP contribution in [0.15, 0.2) is 48.7 Å². The van der Waals surface area contributed by atoms with E-state index in [9.17, 15) is 9.90 Å². The summed E-state index contributed by atoms with van der Waals surface area (Å²) in [7, 11) is 0. The van der Waals surface area contributed by atoms with Crippen LogP contribution in [0.1, 0.15) is 22.2 Å². The lowest BCUT2D eigenvalue weighted by Crippen LogP contribution is -2.28. The normalized spacial score (nSPS) is 11.9. The zero-order valence-electron chi connectivity index (χ0n) is 10.1. The Morgan fingerprint density at radius 1 is 1.26 bits per heavy atom. The predicted molar refractivity (Wildman–Crippen MR) is 73.0 cm³/mol. The molecular weight excluding hydrogens is 264 g/mol. The van der Waals surface area contributed by atoms with E-state index in [1.807, 2.05) is 18.2 Å². The number of benzene rings is 1. The zero-order valence-corrected chi connectivity index (χ0v) is 10.8. The van der Waals surface area contributed by atoms with Crippen LogP contribution < -0.4 is 5.32 Å². The number of aliphatic hydroxyl groups is 1. The van der Waals surface area contributed by atoms with Gasteiger partial charge in [-0.05, 0) is 17.7 Å². The van der Waals surface area contributed by atoms with Crippen LogP contribution >= 0.6 is 11.6 Å². The Hall–Kier alpha value is -1.91. The Labute approximate surface area is 116 Å². The minimum absolute atomic E-state index is 0.132. The lowest BCUT2D eigenvalue weighted by Gasteiger charge is -2.11. The third-order valence-electron chi connectivity index (χ3n) is 2.60. The monoisotopic (exact) mass is 276 g/mol. The van der Waals surface area contributed by atoms with E-state index in [1.165, 1.54) is 12.3 Å². The topological polar surface area (TPSA) is 62.2 Å². The van der Waals surface area contributed by atoms with Crippen molar-refractivity contribution in [3.8, 4) is 0 Å². The molecule has 98 valence electrons. The van der Waals surface area contributed by atoms with Crippen LogP contribution in [-0.2, 0) is 0 Å². The molecule has 2 rings (SSSR count). The average Bonchev–Trinajstić information content (AvgIpc) is 2.46. The van der Waals surface area contributed by atoms with Crippen molar-refractivity contribution in [1.82, 2.24) is 10.3 Å². The number of hydrogen-bond acceptors (Lipinski definition) is 3. The molecule has 1 heterocycles. The van der Waals surface area contributed by atoms with Gasteiger partial charge in [0.1, 0.15) is 5.69 Å². The van der Waals surface area contributed by atoms with Gasteiger partial charge in [-0.15, -0.1) is 0 Å². The van der Waals surface area contributed by atoms with Crippen molar-refractivity contribution in [2.24, 2.45) is 0 Å². The zero-order chi connectivity index (χ0) is 13.7. The highest BCUT2D eigenvalue weighted by Crippen LogP contribution is 2.11. The molecule has 1 amide bonds. The molecule has 0 radical (unpaired) electrons. The Morgan fingerprint density at radius 2 is 2.00 bits per heavy atom. The van der Waals surface area contributed by atoms with Gasteiger partial charge in [-0.1, -0.05) is 41.9 Å². The molecule has 5 heteroatoms. The molecular formula is C14H13ClN2O2. The molecule has 0 aliphatic heterocycles. The van der Waals surface area contributed by atoms with Gasteiger partial charge in [-0.3, -0.25) is 4.79 Å². The second kappa shape index (κ2) is 6.31. The lowest BCUT2D eigenvalue weighted by molar-refractivity contribution is 0.0911. The molecule has 0 bridgehead atoms. The van der Waals surface area contributed by atoms with Gasteiger partial charge in [-0.2, -0.15) is 0 Å². The molecule has 1 atom stereocenters. The van der Waals surface area contributed by atoms with Gasteiger partial charge in [-0.25, -0.2) is 4.98 Å². The number of nitrogens with zero attached hydrogens (tertiary/aromatic N) is 1. The first-order valence-electron chi connectivity index (χ1n) is 5.79. The summed E-state index contributed by atoms with van der Waals surface area (Å²) in [4.78, 5) is 15.7. The van der Waals surface area contributed by atoms with Gasteiger partial charge in [0.05, 0.1) is 11.1 Å². The number of aliphatic hydroxyl groups excluding tert-OH is 1. The molecule has 0 aliphatic carbocycles. The van der Waals surface area contributed by atoms with Crippen LogP contribution in [0.4, 0.5) is 0 Å². The summed E-state index contributed by atoms with van der Waals surface area (Å²) in [6.07, 6.45) is 0.668. The van der Waals surface area contributed by atoms with E-state index < -0.39 is 6.10 Å². The second-order valence-corrected chi connectivity index (χ2v) is 4.43. The Morgan fingerprint density at radius 3 is 2.63 bits per heavy atom. The number of hydrogen-bond donors (Lipinski definition) is 2. The van der Waals surface area contributed by atoms with Crippen molar-refractivity contribution in [3.05, 3.63) is 64.9 Å². The Balaban J connectivity index is 1.92. The largest absolute Gasteiger partial charge is 0.387 e. The van der Waals surface area contributed by atoms with Gasteiger partial charge in [0.25, 0.3) is 5.91 Å². The molecule has 0 aliphatic rings. The lowest BCUT2D eigenvalue weighted by atomic mass is 10.1. The molecule has 4 nitrogen and oxygen atoms in total. The number of rotatable bonds is 4. The molecule has 1 unspecified atom stereocenters. The van der Waals surface area contributed by atoms with Crippen molar-refractivity contribution in [1.29, 1.82) is 0 Å². The molecule has 2 N–H and O–H groups in total. The Kier molecular flexibility index (Phi) is 4.49. The van der Waals surface area contributed by atoms with E-state index in [4.69, 9.17) is 11.6 Å². The minimum atomic E-state index is -0.738. The summed E-state index contributed by atoms with van der Waals surface area (Å²) in [6, 6.07) is 12.3. The number of halogens is 1. The average molecular weight is 277 g/mol. The maximum atomic E-state index is 11.8. The van der Waals surface area contributed by atoms with Gasteiger partial charge in [0.15, 0.2) is 0 Å². The quantitative estimate of drug-likeness (QED) is 0.900. The SMILES string of the molecule is O=C(NCC(O)c1ccccc1)c1ccc(Cl)cn1. The number of pyridine rings is 1. The van der Waals surface area contributed by atoms with Gasteiger partial charge < -0.3 is 10.4 Å². The van der Waals surface area contributed by atoms with Gasteiger partial charge >= 0.3 is 0 Å². The van der Waals surface area contributed by atoms with Gasteiger partial charge in [0, 0.05) is 12.7 Å². The van der Waals surface area contributed by atoms with Crippen LogP contribution in [0.5, 0.6) is 0 Å². The summed E-state index contributed by atoms with van der Waals surface area (Å²) < 4.78 is 0. The van der Waals surface area contributed by atoms with Crippen molar-refractivity contribution >= 4 is 17.5 Å². The highest BCUT2D eigenvalue weighted by Gasteiger charge is 2.11. The third kappa shape index (κ3) is 3.77. The van der Waals surface area contributed by atoms with E-state index in [-0.39, 0.29) is 18.1 Å². The van der Waals surface area contributed by atoms with Crippen molar-refractivity contribution in [3.63, 3.8) is 0 Å². The number of amides is 1. The van der Waals surface area contributed by atoms with Crippen LogP contribution in [-0.4, -0.2) is 22.5 Å². The van der Waals surface area contributed by atoms with E-state index >= 15 is 0 Å². The van der Waals surface area contributed by atoms with Crippen LogP contribution in [0.2, 0.25) is 5.02 Å². The molecule has 0 saturated carbocycles. The molecule has 1 aromatic carbocycles. The molecule has 2 aromatic rings. The fraction of sp³-hybridized carbons (Fsp3) is 0.143. The smallest absolute Gasteiger partial charge is 0.269 e. The van der Waals surface area contributed by atoms with Crippen molar-refractivity contribution in [2.75, 3.05) is 6.54 Å². The highest BCUT2D eigenvalue weighted by atomic mass is 35.5. The van der Waals surface area contributed by atoms with E-state index in [1.54, 1.807) is 18.2 Å². The molecule has 0 fully saturated rings. The Bertz CT molecular complexity index is 543. The molecule has 0 spiro atoms. The molecule has 1 aromatic heterocycles. The van der Waals surface area contributed by atoms with Crippen LogP contribution in [0, 0.1) is 0 Å². The fourth-order valence-corrected chi connectivity index (χ4v) is 1.69. The highest BCUT2D eigenvalue weighted by molar-refractivity contribution is 6.30. The van der Waals surface area contributed by atoms with E-state index in [0.717, 1.165) is 5.56 Å². The molecule has 0 saturated heterocycles. The van der Waals surface area contributed by atoms with Crippen molar-refractivity contribution < 1.29 is 9.90 Å². The first-order valence-corrected chi connectivity index (χ1v) is 6.17. The number of carbonyl (C=O) groups is 1. The third-order valence-corrected chi connectivity index (χ3v) is 2.82. The van der Waals surface area contributed by atoms with Crippen LogP contribution in [0.3, 0.4) is 0 Å². The summed E-state index contributed by atoms with van der Waals surface area (Å²) in [5, 5.41) is 13.0. The maximum absolute atomic E-state index is 11.8. The minimum Gasteiger partial charge on any atom is -0.387 e. The summed E-state index contributed by atoms with van der Waals surface area (Å²) in [5.41, 5.74) is 1.02. The number of nitrogens with one attached hydrogen (secondary N) is 1. The second-order valence-electron chi connectivity index (χ2n) is 4.00. The summed E-state index contributed by atoms with van der Waals surface area (Å²) in [5.74, 6) is -0.341. The first kappa shape index (κ1) is 13.5. The van der Waals surface area contributed by atoms with E-state index in [2.05, 4.69) is 10.3 Å². The standard InChI is InChI=1S/C14H13ClN2O2/c15-11-6-7-12(16-8-11)14(19)17-9-13(18)10-4-2-1-3-5-10/h1-8,13,18H,9H2,(H,17,19). The van der Waals surface area contributed by atoms with Crippen LogP contribution in [0.25, 0.3) is 0 Å². The first-order chi connectivity index (χ1) is 9.16. The number of carbonyl (C=O) groups excluding carboxylic acids is 1. The predicted octanol–water partition coefficient (Wildman–Crippen LogP) is 2.20. The summed E-state index contributed by atoms with van der Waals surface area (Å²) in [6.45, 7) is 0.132. The van der Waals surface area contributed by atoms with Gasteiger partial charge in [0.2, 0.25) is 0 Å². The summed E-state index contributed by atoms with van der Waals surface area (Å²) >= 11 is 5.69. The maximum Gasteiger partial charge on any atom is 0.269 e. The number of aromatic nitrogens is 1. The van der Waals surface area contributed by atoms with Crippen molar-refractivity contribution in [2.45, 2.75) is 6.10 Å². The fourth-order valence-electron chi connectivity index (χ4n) is 1.58. The molecule has 19 heavy (non-hydrogen) atoms. The van der Waals surface area contributed by atoms with E-state index in [0.29, 0.717) is 5.02 Å².